The van der Waals surface area contributed by atoms with Crippen LogP contribution in [0.3, 0.4) is 0 Å². The van der Waals surface area contributed by atoms with Gasteiger partial charge in [-0.1, -0.05) is 39.3 Å². The number of carbonyl (C=O) groups excluding carboxylic acids is 1. The molecule has 0 spiro atoms. The molecule has 2 atom stereocenters. The summed E-state index contributed by atoms with van der Waals surface area (Å²) in [4.78, 5) is 16.5. The van der Waals surface area contributed by atoms with Gasteiger partial charge in [0.25, 0.3) is 0 Å². The van der Waals surface area contributed by atoms with Crippen LogP contribution in [-0.2, 0) is 6.42 Å². The number of rotatable bonds is 6. The van der Waals surface area contributed by atoms with Crippen molar-refractivity contribution in [3.05, 3.63) is 52.3 Å². The van der Waals surface area contributed by atoms with Crippen LogP contribution in [0.2, 0.25) is 5.02 Å². The monoisotopic (exact) mass is 513 g/mol. The quantitative estimate of drug-likeness (QED) is 0.508. The van der Waals surface area contributed by atoms with Gasteiger partial charge < -0.3 is 24.4 Å². The highest BCUT2D eigenvalue weighted by molar-refractivity contribution is 6.31. The van der Waals surface area contributed by atoms with Gasteiger partial charge in [-0.25, -0.2) is 4.39 Å². The SMILES string of the molecule is CC(C)COc1cc(Cl)cc(-c2cc3c(cc2F)[C@H](N(C(=O)[O-])[C@@H]2CN4CCC2CC4)C(C)(C)C3)c1. The Balaban J connectivity index is 1.52. The number of carboxylic acid groups (broad SMARTS) is 1. The van der Waals surface area contributed by atoms with Crippen LogP contribution in [0.1, 0.15) is 57.7 Å². The molecule has 0 aromatic heterocycles. The maximum absolute atomic E-state index is 15.7. The number of hydrogen-bond acceptors (Lipinski definition) is 4. The number of carbonyl (C=O) groups is 1. The average Bonchev–Trinajstić information content (AvgIpc) is 3.07. The minimum absolute atomic E-state index is 0.121. The van der Waals surface area contributed by atoms with Gasteiger partial charge in [0.1, 0.15) is 17.7 Å². The first-order valence-electron chi connectivity index (χ1n) is 13.0. The Hall–Kier alpha value is -2.31. The fourth-order valence-corrected chi connectivity index (χ4v) is 6.77. The van der Waals surface area contributed by atoms with Crippen molar-refractivity contribution in [2.24, 2.45) is 17.3 Å². The Morgan fingerprint density at radius 1 is 1.22 bits per heavy atom. The van der Waals surface area contributed by atoms with Gasteiger partial charge in [0.2, 0.25) is 0 Å². The number of piperidine rings is 3. The number of fused-ring (bicyclic) bond motifs is 4. The summed E-state index contributed by atoms with van der Waals surface area (Å²) in [6.45, 7) is 11.6. The molecule has 5 nitrogen and oxygen atoms in total. The van der Waals surface area contributed by atoms with Crippen molar-refractivity contribution in [3.63, 3.8) is 0 Å². The van der Waals surface area contributed by atoms with Crippen LogP contribution in [-0.4, -0.2) is 48.2 Å². The van der Waals surface area contributed by atoms with E-state index < -0.39 is 12.1 Å². The normalized spacial score (nSPS) is 26.2. The molecule has 0 unspecified atom stereocenters. The van der Waals surface area contributed by atoms with Crippen LogP contribution < -0.4 is 9.84 Å². The second-order valence-electron chi connectivity index (χ2n) is 11.9. The Morgan fingerprint density at radius 2 is 1.94 bits per heavy atom. The van der Waals surface area contributed by atoms with Crippen molar-refractivity contribution >= 4 is 17.7 Å². The predicted octanol–water partition coefficient (Wildman–Crippen LogP) is 5.54. The highest BCUT2D eigenvalue weighted by atomic mass is 35.5. The van der Waals surface area contributed by atoms with Gasteiger partial charge in [0.15, 0.2) is 0 Å². The molecule has 4 aliphatic rings. The predicted molar refractivity (Wildman–Crippen MR) is 138 cm³/mol. The van der Waals surface area contributed by atoms with E-state index in [-0.39, 0.29) is 17.3 Å². The van der Waals surface area contributed by atoms with Gasteiger partial charge in [-0.2, -0.15) is 0 Å². The second kappa shape index (κ2) is 9.53. The van der Waals surface area contributed by atoms with Crippen molar-refractivity contribution < 1.29 is 19.0 Å². The molecule has 1 aliphatic carbocycles. The minimum atomic E-state index is -1.16. The van der Waals surface area contributed by atoms with Crippen LogP contribution >= 0.6 is 11.6 Å². The Morgan fingerprint density at radius 3 is 2.56 bits per heavy atom. The van der Waals surface area contributed by atoms with Gasteiger partial charge >= 0.3 is 0 Å². The first-order chi connectivity index (χ1) is 17.0. The molecule has 2 aromatic rings. The zero-order valence-corrected chi connectivity index (χ0v) is 22.3. The molecule has 1 amide bonds. The van der Waals surface area contributed by atoms with E-state index in [4.69, 9.17) is 16.3 Å². The van der Waals surface area contributed by atoms with Gasteiger partial charge in [-0.15, -0.1) is 0 Å². The van der Waals surface area contributed by atoms with E-state index in [2.05, 4.69) is 32.6 Å². The number of amides is 1. The molecule has 0 radical (unpaired) electrons. The van der Waals surface area contributed by atoms with Gasteiger partial charge in [-0.05, 0) is 96.6 Å². The molecule has 6 rings (SSSR count). The van der Waals surface area contributed by atoms with Crippen molar-refractivity contribution in [1.82, 2.24) is 9.80 Å². The van der Waals surface area contributed by atoms with E-state index in [0.29, 0.717) is 46.8 Å². The lowest BCUT2D eigenvalue weighted by molar-refractivity contribution is -0.276. The van der Waals surface area contributed by atoms with Crippen molar-refractivity contribution in [1.29, 1.82) is 0 Å². The fraction of sp³-hybridized carbons (Fsp3) is 0.552. The molecule has 3 aliphatic heterocycles. The Kier molecular flexibility index (Phi) is 6.71. The highest BCUT2D eigenvalue weighted by Crippen LogP contribution is 2.52. The van der Waals surface area contributed by atoms with E-state index in [9.17, 15) is 9.90 Å². The summed E-state index contributed by atoms with van der Waals surface area (Å²) in [7, 11) is 0. The van der Waals surface area contributed by atoms with E-state index in [1.165, 1.54) is 6.07 Å². The molecule has 2 aromatic carbocycles. The van der Waals surface area contributed by atoms with Crippen LogP contribution in [0.5, 0.6) is 5.75 Å². The lowest BCUT2D eigenvalue weighted by atomic mass is 9.79. The van der Waals surface area contributed by atoms with Crippen LogP contribution in [0.4, 0.5) is 9.18 Å². The number of hydrogen-bond donors (Lipinski definition) is 0. The maximum atomic E-state index is 15.7. The van der Waals surface area contributed by atoms with Crippen molar-refractivity contribution in [2.45, 2.75) is 59.0 Å². The first kappa shape index (κ1) is 25.3. The highest BCUT2D eigenvalue weighted by Gasteiger charge is 2.48. The van der Waals surface area contributed by atoms with Crippen molar-refractivity contribution in [3.8, 4) is 16.9 Å². The Bertz CT molecular complexity index is 1160. The topological polar surface area (TPSA) is 55.8 Å². The third kappa shape index (κ3) is 4.70. The molecule has 7 heteroatoms. The van der Waals surface area contributed by atoms with E-state index >= 15 is 4.39 Å². The summed E-state index contributed by atoms with van der Waals surface area (Å²) < 4.78 is 21.6. The molecule has 3 heterocycles. The lowest BCUT2D eigenvalue weighted by Crippen LogP contribution is -2.62. The van der Waals surface area contributed by atoms with Gasteiger partial charge in [0, 0.05) is 23.2 Å². The second-order valence-corrected chi connectivity index (χ2v) is 12.3. The van der Waals surface area contributed by atoms with Gasteiger partial charge in [-0.3, -0.25) is 0 Å². The zero-order chi connectivity index (χ0) is 25.8. The molecule has 2 bridgehead atoms. The third-order valence-electron chi connectivity index (χ3n) is 8.14. The molecular formula is C29H35ClFN2O3-. The maximum Gasteiger partial charge on any atom is 0.137 e. The van der Waals surface area contributed by atoms with Crippen molar-refractivity contribution in [2.75, 3.05) is 26.2 Å². The third-order valence-corrected chi connectivity index (χ3v) is 8.36. The minimum Gasteiger partial charge on any atom is -0.530 e. The summed E-state index contributed by atoms with van der Waals surface area (Å²) in [6, 6.07) is 8.14. The molecule has 194 valence electrons. The molecule has 0 N–H and O–H groups in total. The van der Waals surface area contributed by atoms with Gasteiger partial charge in [0.05, 0.1) is 12.6 Å². The fourth-order valence-electron chi connectivity index (χ4n) is 6.54. The van der Waals surface area contributed by atoms with E-state index in [1.807, 2.05) is 12.1 Å². The number of halogens is 2. The molecule has 36 heavy (non-hydrogen) atoms. The Labute approximate surface area is 218 Å². The largest absolute Gasteiger partial charge is 0.530 e. The summed E-state index contributed by atoms with van der Waals surface area (Å²) in [5.74, 6) is 0.897. The van der Waals surface area contributed by atoms with Crippen LogP contribution in [0.25, 0.3) is 11.1 Å². The summed E-state index contributed by atoms with van der Waals surface area (Å²) in [5.41, 5.74) is 2.43. The zero-order valence-electron chi connectivity index (χ0n) is 21.5. The molecule has 3 fully saturated rings. The summed E-state index contributed by atoms with van der Waals surface area (Å²) >= 11 is 6.36. The smallest absolute Gasteiger partial charge is 0.137 e. The summed E-state index contributed by atoms with van der Waals surface area (Å²) in [5, 5.41) is 13.1. The van der Waals surface area contributed by atoms with Crippen LogP contribution in [0.15, 0.2) is 30.3 Å². The summed E-state index contributed by atoms with van der Waals surface area (Å²) in [6.07, 6.45) is 1.49. The molecule has 3 saturated heterocycles. The molecular weight excluding hydrogens is 479 g/mol. The number of ether oxygens (including phenoxy) is 1. The van der Waals surface area contributed by atoms with E-state index in [0.717, 1.165) is 43.6 Å². The average molecular weight is 514 g/mol. The number of benzene rings is 2. The standard InChI is InChI=1S/C29H36ClFN2O3/c1-17(2)16-36-22-10-19(9-21(30)12-22)23-11-20-14-29(3,4)27(24(20)13-25(23)31)33(28(34)35)26-15-32-7-5-18(26)6-8-32/h9-13,17-18,26-27H,5-8,14-16H2,1-4H3,(H,34,35)/p-1/t26-,27+/m1/s1. The number of nitrogens with zero attached hydrogens (tertiary/aromatic N) is 2. The molecule has 0 saturated carbocycles. The van der Waals surface area contributed by atoms with E-state index in [1.54, 1.807) is 17.0 Å². The lowest BCUT2D eigenvalue weighted by Gasteiger charge is -2.53. The first-order valence-corrected chi connectivity index (χ1v) is 13.4. The van der Waals surface area contributed by atoms with Crippen LogP contribution in [0, 0.1) is 23.1 Å².